The number of hydrazone groups is 1. The highest BCUT2D eigenvalue weighted by molar-refractivity contribution is 5.86. The summed E-state index contributed by atoms with van der Waals surface area (Å²) in [4.78, 5) is 0. The third kappa shape index (κ3) is 2.86. The Morgan fingerprint density at radius 2 is 2.33 bits per heavy atom. The lowest BCUT2D eigenvalue weighted by Gasteiger charge is -2.34. The van der Waals surface area contributed by atoms with Gasteiger partial charge in [0.1, 0.15) is 0 Å². The van der Waals surface area contributed by atoms with E-state index in [1.807, 2.05) is 0 Å². The molecule has 0 spiro atoms. The standard InChI is InChI=1S/C14H28N4/c1-5-10(2)18-9-13(11(3)17-18)14-8-12(15-4)6-7-16-14/h10,12-16H,5-9H2,1-4H3. The number of nitrogens with one attached hydrogen (secondary N) is 2. The molecule has 2 rings (SSSR count). The molecular weight excluding hydrogens is 224 g/mol. The Morgan fingerprint density at radius 1 is 1.56 bits per heavy atom. The largest absolute Gasteiger partial charge is 0.317 e. The van der Waals surface area contributed by atoms with E-state index in [4.69, 9.17) is 5.10 Å². The fraction of sp³-hybridized carbons (Fsp3) is 0.929. The van der Waals surface area contributed by atoms with Crippen LogP contribution in [0.15, 0.2) is 5.10 Å². The van der Waals surface area contributed by atoms with Gasteiger partial charge in [-0.15, -0.1) is 0 Å². The maximum absolute atomic E-state index is 4.76. The van der Waals surface area contributed by atoms with Crippen molar-refractivity contribution in [2.75, 3.05) is 20.1 Å². The third-order valence-corrected chi connectivity index (χ3v) is 4.64. The molecule has 4 unspecified atom stereocenters. The smallest absolute Gasteiger partial charge is 0.0459 e. The Bertz CT molecular complexity index is 302. The molecule has 2 aliphatic heterocycles. The summed E-state index contributed by atoms with van der Waals surface area (Å²) in [6.07, 6.45) is 3.63. The van der Waals surface area contributed by atoms with Crippen LogP contribution in [0.4, 0.5) is 0 Å². The van der Waals surface area contributed by atoms with Gasteiger partial charge in [-0.05, 0) is 46.7 Å². The normalized spacial score (nSPS) is 34.6. The summed E-state index contributed by atoms with van der Waals surface area (Å²) >= 11 is 0. The second-order valence-corrected chi connectivity index (χ2v) is 5.80. The molecule has 1 fully saturated rings. The zero-order valence-electron chi connectivity index (χ0n) is 12.2. The van der Waals surface area contributed by atoms with Crippen molar-refractivity contribution in [3.8, 4) is 0 Å². The van der Waals surface area contributed by atoms with E-state index in [9.17, 15) is 0 Å². The molecule has 0 bridgehead atoms. The molecule has 1 saturated heterocycles. The fourth-order valence-corrected chi connectivity index (χ4v) is 3.08. The maximum atomic E-state index is 4.76. The lowest BCUT2D eigenvalue weighted by Crippen LogP contribution is -2.50. The first kappa shape index (κ1) is 13.8. The predicted molar refractivity (Wildman–Crippen MR) is 76.9 cm³/mol. The monoisotopic (exact) mass is 252 g/mol. The molecule has 2 aliphatic rings. The second kappa shape index (κ2) is 6.02. The molecule has 2 N–H and O–H groups in total. The molecule has 2 heterocycles. The first-order chi connectivity index (χ1) is 8.65. The number of hydrogen-bond donors (Lipinski definition) is 2. The van der Waals surface area contributed by atoms with Crippen LogP contribution in [0, 0.1) is 5.92 Å². The average molecular weight is 252 g/mol. The zero-order valence-corrected chi connectivity index (χ0v) is 12.2. The van der Waals surface area contributed by atoms with Crippen LogP contribution in [0.2, 0.25) is 0 Å². The second-order valence-electron chi connectivity index (χ2n) is 5.80. The van der Waals surface area contributed by atoms with Crippen LogP contribution < -0.4 is 10.6 Å². The van der Waals surface area contributed by atoms with Crippen LogP contribution in [0.5, 0.6) is 0 Å². The van der Waals surface area contributed by atoms with Gasteiger partial charge < -0.3 is 10.6 Å². The SMILES string of the molecule is CCC(C)N1CC(C2CC(NC)CCN2)C(C)=N1. The Morgan fingerprint density at radius 3 is 3.00 bits per heavy atom. The molecule has 4 nitrogen and oxygen atoms in total. The first-order valence-corrected chi connectivity index (χ1v) is 7.38. The zero-order chi connectivity index (χ0) is 13.1. The Hall–Kier alpha value is -0.610. The van der Waals surface area contributed by atoms with Crippen molar-refractivity contribution in [2.45, 2.75) is 58.2 Å². The van der Waals surface area contributed by atoms with E-state index in [2.05, 4.69) is 43.5 Å². The van der Waals surface area contributed by atoms with E-state index in [0.29, 0.717) is 24.0 Å². The third-order valence-electron chi connectivity index (χ3n) is 4.64. The molecule has 0 radical (unpaired) electrons. The van der Waals surface area contributed by atoms with Crippen molar-refractivity contribution in [3.05, 3.63) is 0 Å². The van der Waals surface area contributed by atoms with Crippen LogP contribution >= 0.6 is 0 Å². The minimum Gasteiger partial charge on any atom is -0.317 e. The number of piperidine rings is 1. The van der Waals surface area contributed by atoms with Gasteiger partial charge in [0, 0.05) is 36.3 Å². The van der Waals surface area contributed by atoms with Crippen molar-refractivity contribution in [1.82, 2.24) is 15.6 Å². The van der Waals surface area contributed by atoms with Crippen molar-refractivity contribution < 1.29 is 0 Å². The maximum Gasteiger partial charge on any atom is 0.0459 e. The molecule has 0 aromatic carbocycles. The number of rotatable bonds is 4. The fourth-order valence-electron chi connectivity index (χ4n) is 3.08. The molecule has 104 valence electrons. The van der Waals surface area contributed by atoms with Crippen LogP contribution in [0.1, 0.15) is 40.0 Å². The summed E-state index contributed by atoms with van der Waals surface area (Å²) < 4.78 is 0. The molecule has 0 aromatic rings. The van der Waals surface area contributed by atoms with Gasteiger partial charge in [-0.3, -0.25) is 5.01 Å². The summed E-state index contributed by atoms with van der Waals surface area (Å²) in [5.41, 5.74) is 1.31. The minimum atomic E-state index is 0.564. The number of hydrogen-bond acceptors (Lipinski definition) is 4. The van der Waals surface area contributed by atoms with Crippen molar-refractivity contribution >= 4 is 5.71 Å². The van der Waals surface area contributed by atoms with Crippen LogP contribution in [-0.2, 0) is 0 Å². The van der Waals surface area contributed by atoms with Gasteiger partial charge in [0.15, 0.2) is 0 Å². The lowest BCUT2D eigenvalue weighted by molar-refractivity contribution is 0.196. The van der Waals surface area contributed by atoms with Gasteiger partial charge in [-0.2, -0.15) is 5.10 Å². The van der Waals surface area contributed by atoms with Crippen LogP contribution in [0.3, 0.4) is 0 Å². The Labute approximate surface area is 111 Å². The van der Waals surface area contributed by atoms with Gasteiger partial charge >= 0.3 is 0 Å². The van der Waals surface area contributed by atoms with E-state index >= 15 is 0 Å². The Balaban J connectivity index is 1.96. The molecule has 0 aliphatic carbocycles. The first-order valence-electron chi connectivity index (χ1n) is 7.38. The predicted octanol–water partition coefficient (Wildman–Crippen LogP) is 1.43. The highest BCUT2D eigenvalue weighted by Crippen LogP contribution is 2.25. The highest BCUT2D eigenvalue weighted by Gasteiger charge is 2.34. The van der Waals surface area contributed by atoms with Crippen molar-refractivity contribution in [3.63, 3.8) is 0 Å². The van der Waals surface area contributed by atoms with Gasteiger partial charge in [0.25, 0.3) is 0 Å². The molecule has 4 atom stereocenters. The van der Waals surface area contributed by atoms with E-state index in [0.717, 1.165) is 13.1 Å². The summed E-state index contributed by atoms with van der Waals surface area (Å²) in [7, 11) is 2.08. The van der Waals surface area contributed by atoms with E-state index in [-0.39, 0.29) is 0 Å². The van der Waals surface area contributed by atoms with Crippen LogP contribution in [-0.4, -0.2) is 49.0 Å². The van der Waals surface area contributed by atoms with Gasteiger partial charge in [-0.1, -0.05) is 6.92 Å². The molecule has 0 aromatic heterocycles. The van der Waals surface area contributed by atoms with E-state index in [1.54, 1.807) is 0 Å². The van der Waals surface area contributed by atoms with E-state index < -0.39 is 0 Å². The summed E-state index contributed by atoms with van der Waals surface area (Å²) in [6, 6.07) is 1.82. The Kier molecular flexibility index (Phi) is 4.62. The summed E-state index contributed by atoms with van der Waals surface area (Å²) in [5, 5.41) is 14.1. The summed E-state index contributed by atoms with van der Waals surface area (Å²) in [5.74, 6) is 0.593. The van der Waals surface area contributed by atoms with Crippen molar-refractivity contribution in [1.29, 1.82) is 0 Å². The average Bonchev–Trinajstić information content (AvgIpc) is 2.80. The van der Waals surface area contributed by atoms with Gasteiger partial charge in [-0.25, -0.2) is 0 Å². The topological polar surface area (TPSA) is 39.7 Å². The summed E-state index contributed by atoms with van der Waals surface area (Å²) in [6.45, 7) is 8.92. The van der Waals surface area contributed by atoms with Crippen LogP contribution in [0.25, 0.3) is 0 Å². The minimum absolute atomic E-state index is 0.564. The highest BCUT2D eigenvalue weighted by atomic mass is 15.5. The van der Waals surface area contributed by atoms with Gasteiger partial charge in [0.05, 0.1) is 0 Å². The molecule has 0 saturated carbocycles. The lowest BCUT2D eigenvalue weighted by atomic mass is 9.87. The van der Waals surface area contributed by atoms with E-state index in [1.165, 1.54) is 25.0 Å². The quantitative estimate of drug-likeness (QED) is 0.795. The molecule has 18 heavy (non-hydrogen) atoms. The molecule has 0 amide bonds. The molecular formula is C14H28N4. The van der Waals surface area contributed by atoms with Gasteiger partial charge in [0.2, 0.25) is 0 Å². The molecule has 4 heteroatoms. The van der Waals surface area contributed by atoms with Crippen molar-refractivity contribution in [2.24, 2.45) is 11.0 Å². The number of nitrogens with zero attached hydrogens (tertiary/aromatic N) is 2.